The SMILES string of the molecule is CC1CCC(=[N+]2CC(=O)N(Cc3ccc(F)c(Cl)c3)C3(CN(C(N)=O)C3)C2=O)CC1. The second-order valence-corrected chi connectivity index (χ2v) is 9.00. The summed E-state index contributed by atoms with van der Waals surface area (Å²) in [6.45, 7) is 2.39. The smallest absolute Gasteiger partial charge is 0.351 e. The van der Waals surface area contributed by atoms with E-state index in [-0.39, 0.29) is 43.0 Å². The van der Waals surface area contributed by atoms with Crippen LogP contribution in [0.15, 0.2) is 18.2 Å². The number of halogens is 2. The molecule has 2 N–H and O–H groups in total. The molecule has 2 heterocycles. The molecule has 1 aromatic rings. The van der Waals surface area contributed by atoms with Crippen molar-refractivity contribution in [1.82, 2.24) is 9.80 Å². The van der Waals surface area contributed by atoms with E-state index in [4.69, 9.17) is 17.3 Å². The zero-order valence-corrected chi connectivity index (χ0v) is 17.6. The Labute approximate surface area is 179 Å². The summed E-state index contributed by atoms with van der Waals surface area (Å²) in [5.41, 5.74) is 5.85. The number of carbonyl (C=O) groups is 3. The molecule has 1 aliphatic carbocycles. The van der Waals surface area contributed by atoms with E-state index in [1.54, 1.807) is 10.6 Å². The maximum atomic E-state index is 13.6. The number of hydrogen-bond acceptors (Lipinski definition) is 3. The van der Waals surface area contributed by atoms with E-state index < -0.39 is 17.4 Å². The van der Waals surface area contributed by atoms with Gasteiger partial charge in [-0.3, -0.25) is 4.79 Å². The van der Waals surface area contributed by atoms with E-state index in [1.807, 2.05) is 0 Å². The van der Waals surface area contributed by atoms with Crippen LogP contribution in [0.3, 0.4) is 0 Å². The Bertz CT molecular complexity index is 948. The second-order valence-electron chi connectivity index (χ2n) is 8.59. The maximum absolute atomic E-state index is 13.6. The van der Waals surface area contributed by atoms with E-state index in [1.165, 1.54) is 21.9 Å². The fraction of sp³-hybridized carbons (Fsp3) is 0.524. The number of primary amides is 1. The summed E-state index contributed by atoms with van der Waals surface area (Å²) in [4.78, 5) is 41.2. The number of benzene rings is 1. The van der Waals surface area contributed by atoms with Crippen LogP contribution >= 0.6 is 11.6 Å². The van der Waals surface area contributed by atoms with Crippen molar-refractivity contribution in [1.29, 1.82) is 0 Å². The van der Waals surface area contributed by atoms with Gasteiger partial charge >= 0.3 is 11.9 Å². The largest absolute Gasteiger partial charge is 0.416 e. The van der Waals surface area contributed by atoms with Crippen molar-refractivity contribution in [3.8, 4) is 0 Å². The van der Waals surface area contributed by atoms with Gasteiger partial charge in [-0.25, -0.2) is 14.0 Å². The first kappa shape index (κ1) is 20.8. The van der Waals surface area contributed by atoms with E-state index in [0.29, 0.717) is 11.5 Å². The van der Waals surface area contributed by atoms with Crippen LogP contribution in [-0.2, 0) is 16.1 Å². The fourth-order valence-electron chi connectivity index (χ4n) is 4.63. The number of nitrogens with zero attached hydrogens (tertiary/aromatic N) is 3. The standard InChI is InChI=1S/C21H24ClFN4O3/c1-13-2-5-15(6-3-13)26-10-18(28)27(9-14-4-7-17(23)16(22)8-14)21(19(26)29)11-25(12-21)20(24)30/h4,7-8,13H,2-3,5-6,9-12H2,1H3,(H-,24,30)/p+1. The van der Waals surface area contributed by atoms with Gasteiger partial charge in [0.1, 0.15) is 5.82 Å². The van der Waals surface area contributed by atoms with Crippen LogP contribution in [0, 0.1) is 11.7 Å². The van der Waals surface area contributed by atoms with Crippen molar-refractivity contribution in [3.63, 3.8) is 0 Å². The van der Waals surface area contributed by atoms with E-state index in [2.05, 4.69) is 6.92 Å². The lowest BCUT2D eigenvalue weighted by Crippen LogP contribution is -2.80. The first-order valence-corrected chi connectivity index (χ1v) is 10.5. The summed E-state index contributed by atoms with van der Waals surface area (Å²) in [6, 6.07) is 3.61. The van der Waals surface area contributed by atoms with Gasteiger partial charge in [-0.1, -0.05) is 24.6 Å². The number of urea groups is 1. The Kier molecular flexibility index (Phi) is 5.30. The number of hydrogen-bond donors (Lipinski definition) is 1. The van der Waals surface area contributed by atoms with Gasteiger partial charge in [0.25, 0.3) is 5.91 Å². The van der Waals surface area contributed by atoms with Gasteiger partial charge in [0.2, 0.25) is 12.1 Å². The lowest BCUT2D eigenvalue weighted by Gasteiger charge is -2.52. The zero-order chi connectivity index (χ0) is 21.6. The molecule has 4 rings (SSSR count). The zero-order valence-electron chi connectivity index (χ0n) is 16.9. The maximum Gasteiger partial charge on any atom is 0.416 e. The van der Waals surface area contributed by atoms with Crippen molar-refractivity contribution >= 4 is 35.2 Å². The fourth-order valence-corrected chi connectivity index (χ4v) is 4.83. The normalized spacial score (nSPS) is 23.8. The third kappa shape index (κ3) is 3.47. The van der Waals surface area contributed by atoms with Crippen molar-refractivity contribution in [2.45, 2.75) is 44.7 Å². The lowest BCUT2D eigenvalue weighted by molar-refractivity contribution is -0.462. The van der Waals surface area contributed by atoms with E-state index in [9.17, 15) is 18.8 Å². The average Bonchev–Trinajstić information content (AvgIpc) is 2.66. The number of rotatable bonds is 2. The minimum Gasteiger partial charge on any atom is -0.351 e. The van der Waals surface area contributed by atoms with E-state index in [0.717, 1.165) is 31.4 Å². The van der Waals surface area contributed by atoms with Crippen LogP contribution < -0.4 is 5.73 Å². The van der Waals surface area contributed by atoms with Crippen molar-refractivity contribution < 1.29 is 23.3 Å². The van der Waals surface area contributed by atoms with Gasteiger partial charge in [-0.2, -0.15) is 4.58 Å². The van der Waals surface area contributed by atoms with Crippen LogP contribution in [0.2, 0.25) is 5.02 Å². The summed E-state index contributed by atoms with van der Waals surface area (Å²) >= 11 is 5.89. The van der Waals surface area contributed by atoms with Gasteiger partial charge in [0, 0.05) is 19.4 Å². The van der Waals surface area contributed by atoms with E-state index >= 15 is 0 Å². The third-order valence-electron chi connectivity index (χ3n) is 6.53. The van der Waals surface area contributed by atoms with Gasteiger partial charge in [0.05, 0.1) is 18.1 Å². The van der Waals surface area contributed by atoms with Gasteiger partial charge in [0.15, 0.2) is 5.71 Å². The number of likely N-dealkylation sites (tertiary alicyclic amines) is 1. The molecule has 2 aliphatic heterocycles. The molecule has 9 heteroatoms. The highest BCUT2D eigenvalue weighted by Gasteiger charge is 2.64. The summed E-state index contributed by atoms with van der Waals surface area (Å²) in [5.74, 6) is -0.316. The summed E-state index contributed by atoms with van der Waals surface area (Å²) in [6.07, 6.45) is 3.57. The minimum atomic E-state index is -1.15. The van der Waals surface area contributed by atoms with Crippen LogP contribution in [0.4, 0.5) is 9.18 Å². The predicted molar refractivity (Wildman–Crippen MR) is 109 cm³/mol. The molecule has 3 fully saturated rings. The molecule has 7 nitrogen and oxygen atoms in total. The predicted octanol–water partition coefficient (Wildman–Crippen LogP) is 2.14. The molecule has 1 spiro atoms. The van der Waals surface area contributed by atoms with Crippen molar-refractivity contribution in [2.75, 3.05) is 19.6 Å². The first-order valence-electron chi connectivity index (χ1n) is 10.2. The molecule has 1 saturated carbocycles. The Morgan fingerprint density at radius 3 is 2.57 bits per heavy atom. The first-order chi connectivity index (χ1) is 14.2. The van der Waals surface area contributed by atoms with Crippen LogP contribution in [-0.4, -0.2) is 63.1 Å². The quantitative estimate of drug-likeness (QED) is 0.722. The van der Waals surface area contributed by atoms with Crippen LogP contribution in [0.5, 0.6) is 0 Å². The molecule has 0 atom stereocenters. The summed E-state index contributed by atoms with van der Waals surface area (Å²) in [7, 11) is 0. The molecule has 160 valence electrons. The monoisotopic (exact) mass is 435 g/mol. The number of nitrogens with two attached hydrogens (primary N) is 1. The highest BCUT2D eigenvalue weighted by molar-refractivity contribution is 6.30. The summed E-state index contributed by atoms with van der Waals surface area (Å²) < 4.78 is 15.2. The molecule has 2 saturated heterocycles. The average molecular weight is 436 g/mol. The van der Waals surface area contributed by atoms with Crippen molar-refractivity contribution in [3.05, 3.63) is 34.6 Å². The Morgan fingerprint density at radius 2 is 1.97 bits per heavy atom. The molecule has 30 heavy (non-hydrogen) atoms. The molecule has 0 aromatic heterocycles. The van der Waals surface area contributed by atoms with Gasteiger partial charge in [-0.15, -0.1) is 0 Å². The Balaban J connectivity index is 1.67. The molecule has 1 aromatic carbocycles. The Morgan fingerprint density at radius 1 is 1.30 bits per heavy atom. The number of amides is 4. The highest BCUT2D eigenvalue weighted by atomic mass is 35.5. The lowest BCUT2D eigenvalue weighted by atomic mass is 9.82. The molecular formula is C21H25ClFN4O3+. The minimum absolute atomic E-state index is 0.0181. The molecule has 0 bridgehead atoms. The third-order valence-corrected chi connectivity index (χ3v) is 6.82. The highest BCUT2D eigenvalue weighted by Crippen LogP contribution is 2.35. The molecule has 4 amide bonds. The number of carbonyl (C=O) groups excluding carboxylic acids is 3. The molecule has 3 aliphatic rings. The topological polar surface area (TPSA) is 86.7 Å². The van der Waals surface area contributed by atoms with Crippen molar-refractivity contribution in [2.24, 2.45) is 11.7 Å². The molecule has 0 radical (unpaired) electrons. The van der Waals surface area contributed by atoms with Gasteiger partial charge in [-0.05, 0) is 36.5 Å². The molecule has 0 unspecified atom stereocenters. The number of piperazine rings is 1. The summed E-state index contributed by atoms with van der Waals surface area (Å²) in [5, 5.41) is -0.0433. The van der Waals surface area contributed by atoms with Crippen LogP contribution in [0.25, 0.3) is 0 Å². The molecular weight excluding hydrogens is 411 g/mol. The van der Waals surface area contributed by atoms with Gasteiger partial charge < -0.3 is 15.5 Å². The second kappa shape index (κ2) is 7.65. The Hall–Kier alpha value is -2.48. The van der Waals surface area contributed by atoms with Crippen LogP contribution in [0.1, 0.15) is 38.2 Å².